The first kappa shape index (κ1) is 16.8. The van der Waals surface area contributed by atoms with Crippen molar-refractivity contribution in [2.75, 3.05) is 5.75 Å². The second kappa shape index (κ2) is 6.48. The number of rotatable bonds is 3. The monoisotopic (exact) mass is 367 g/mol. The third kappa shape index (κ3) is 3.58. The molecule has 0 spiro atoms. The Morgan fingerprint density at radius 1 is 1.17 bits per heavy atom. The van der Waals surface area contributed by atoms with Crippen LogP contribution in [0.3, 0.4) is 0 Å². The lowest BCUT2D eigenvalue weighted by Crippen LogP contribution is -2.31. The first-order chi connectivity index (χ1) is 10.9. The van der Waals surface area contributed by atoms with Crippen molar-refractivity contribution in [3.05, 3.63) is 58.1 Å². The van der Waals surface area contributed by atoms with Crippen LogP contribution in [0.5, 0.6) is 0 Å². The smallest absolute Gasteiger partial charge is 0.207 e. The Bertz CT molecular complexity index is 850. The van der Waals surface area contributed by atoms with Crippen LogP contribution in [0.1, 0.15) is 29.2 Å². The lowest BCUT2D eigenvalue weighted by Gasteiger charge is -2.26. The molecule has 0 aliphatic carbocycles. The molecule has 1 heterocycles. The molecule has 1 aliphatic rings. The molecule has 6 heteroatoms. The fraction of sp³-hybridized carbons (Fsp3) is 0.294. The molecule has 0 amide bonds. The highest BCUT2D eigenvalue weighted by molar-refractivity contribution is 7.99. The molecule has 122 valence electrons. The van der Waals surface area contributed by atoms with Crippen LogP contribution in [0.4, 0.5) is 0 Å². The zero-order valence-corrected chi connectivity index (χ0v) is 15.4. The zero-order valence-electron chi connectivity index (χ0n) is 13.0. The zero-order chi connectivity index (χ0) is 16.6. The Hall–Kier alpha value is -1.01. The highest BCUT2D eigenvalue weighted by Gasteiger charge is 2.27. The van der Waals surface area contributed by atoms with Gasteiger partial charge < -0.3 is 0 Å². The average molecular weight is 368 g/mol. The SMILES string of the molecule is Cc1ccc(C)c(S(=O)(=O)N[C@H]2CCSc3ccc(Cl)cc32)c1. The molecule has 0 saturated carbocycles. The summed E-state index contributed by atoms with van der Waals surface area (Å²) in [5.74, 6) is 0.884. The van der Waals surface area contributed by atoms with Crippen LogP contribution in [-0.4, -0.2) is 14.2 Å². The van der Waals surface area contributed by atoms with Crippen LogP contribution in [0.2, 0.25) is 5.02 Å². The predicted octanol–water partition coefficient (Wildman–Crippen LogP) is 4.47. The fourth-order valence-electron chi connectivity index (χ4n) is 2.74. The summed E-state index contributed by atoms with van der Waals surface area (Å²) in [4.78, 5) is 1.44. The molecule has 0 fully saturated rings. The first-order valence-electron chi connectivity index (χ1n) is 7.39. The number of thioether (sulfide) groups is 1. The van der Waals surface area contributed by atoms with Gasteiger partial charge in [0.15, 0.2) is 0 Å². The van der Waals surface area contributed by atoms with E-state index in [4.69, 9.17) is 11.6 Å². The molecule has 0 bridgehead atoms. The van der Waals surface area contributed by atoms with E-state index in [9.17, 15) is 8.42 Å². The number of aryl methyl sites for hydroxylation is 2. The van der Waals surface area contributed by atoms with E-state index in [1.807, 2.05) is 44.2 Å². The molecule has 0 saturated heterocycles. The van der Waals surface area contributed by atoms with Crippen molar-refractivity contribution in [2.24, 2.45) is 0 Å². The van der Waals surface area contributed by atoms with Crippen molar-refractivity contribution in [3.63, 3.8) is 0 Å². The van der Waals surface area contributed by atoms with Crippen LogP contribution in [0.15, 0.2) is 46.2 Å². The van der Waals surface area contributed by atoms with Crippen molar-refractivity contribution in [2.45, 2.75) is 36.1 Å². The molecule has 2 aromatic rings. The van der Waals surface area contributed by atoms with Gasteiger partial charge in [0.25, 0.3) is 0 Å². The molecular formula is C17H18ClNO2S2. The van der Waals surface area contributed by atoms with E-state index >= 15 is 0 Å². The maximum atomic E-state index is 12.8. The van der Waals surface area contributed by atoms with E-state index in [0.29, 0.717) is 9.92 Å². The highest BCUT2D eigenvalue weighted by atomic mass is 35.5. The minimum atomic E-state index is -3.57. The molecule has 0 unspecified atom stereocenters. The van der Waals surface area contributed by atoms with Gasteiger partial charge in [0.05, 0.1) is 4.90 Å². The standard InChI is InChI=1S/C17H18ClNO2S2/c1-11-3-4-12(2)17(9-11)23(20,21)19-15-7-8-22-16-6-5-13(18)10-14(15)16/h3-6,9-10,15,19H,7-8H2,1-2H3/t15-/m0/s1. The molecule has 0 aromatic heterocycles. The molecule has 1 N–H and O–H groups in total. The van der Waals surface area contributed by atoms with E-state index in [1.165, 1.54) is 0 Å². The summed E-state index contributed by atoms with van der Waals surface area (Å²) in [6.45, 7) is 3.71. The fourth-order valence-corrected chi connectivity index (χ4v) is 5.60. The topological polar surface area (TPSA) is 46.2 Å². The maximum Gasteiger partial charge on any atom is 0.241 e. The summed E-state index contributed by atoms with van der Waals surface area (Å²) in [5, 5.41) is 0.627. The van der Waals surface area contributed by atoms with Crippen molar-refractivity contribution in [1.29, 1.82) is 0 Å². The quantitative estimate of drug-likeness (QED) is 0.870. The second-order valence-corrected chi connectivity index (χ2v) is 9.02. The summed E-state index contributed by atoms with van der Waals surface area (Å²) < 4.78 is 28.5. The van der Waals surface area contributed by atoms with Gasteiger partial charge in [-0.25, -0.2) is 13.1 Å². The van der Waals surface area contributed by atoms with Gasteiger partial charge in [-0.3, -0.25) is 0 Å². The van der Waals surface area contributed by atoms with E-state index in [2.05, 4.69) is 4.72 Å². The number of sulfonamides is 1. The number of hydrogen-bond donors (Lipinski definition) is 1. The average Bonchev–Trinajstić information content (AvgIpc) is 2.50. The summed E-state index contributed by atoms with van der Waals surface area (Å²) in [6.07, 6.45) is 0.752. The highest BCUT2D eigenvalue weighted by Crippen LogP contribution is 2.38. The third-order valence-corrected chi connectivity index (χ3v) is 6.91. The van der Waals surface area contributed by atoms with Crippen molar-refractivity contribution < 1.29 is 8.42 Å². The number of fused-ring (bicyclic) bond motifs is 1. The Balaban J connectivity index is 1.96. The Labute approximate surface area is 146 Å². The lowest BCUT2D eigenvalue weighted by atomic mass is 10.1. The maximum absolute atomic E-state index is 12.8. The van der Waals surface area contributed by atoms with Crippen molar-refractivity contribution >= 4 is 33.4 Å². The first-order valence-corrected chi connectivity index (χ1v) is 10.2. The number of nitrogens with one attached hydrogen (secondary N) is 1. The van der Waals surface area contributed by atoms with Crippen LogP contribution in [0.25, 0.3) is 0 Å². The second-order valence-electron chi connectivity index (χ2n) is 5.76. The minimum absolute atomic E-state index is 0.241. The summed E-state index contributed by atoms with van der Waals surface area (Å²) >= 11 is 7.82. The van der Waals surface area contributed by atoms with Gasteiger partial charge >= 0.3 is 0 Å². The van der Waals surface area contributed by atoms with Gasteiger partial charge in [-0.1, -0.05) is 23.7 Å². The molecular weight excluding hydrogens is 350 g/mol. The number of hydrogen-bond acceptors (Lipinski definition) is 3. The largest absolute Gasteiger partial charge is 0.241 e. The third-order valence-electron chi connectivity index (χ3n) is 3.94. The summed E-state index contributed by atoms with van der Waals surface area (Å²) in [6, 6.07) is 10.9. The van der Waals surface area contributed by atoms with E-state index in [0.717, 1.165) is 33.8 Å². The van der Waals surface area contributed by atoms with Crippen LogP contribution < -0.4 is 4.72 Å². The van der Waals surface area contributed by atoms with E-state index in [-0.39, 0.29) is 6.04 Å². The molecule has 2 aromatic carbocycles. The molecule has 0 radical (unpaired) electrons. The van der Waals surface area contributed by atoms with Gasteiger partial charge in [0, 0.05) is 16.0 Å². The predicted molar refractivity (Wildman–Crippen MR) is 95.8 cm³/mol. The van der Waals surface area contributed by atoms with Crippen LogP contribution in [0, 0.1) is 13.8 Å². The van der Waals surface area contributed by atoms with Crippen LogP contribution >= 0.6 is 23.4 Å². The van der Waals surface area contributed by atoms with Crippen molar-refractivity contribution in [3.8, 4) is 0 Å². The van der Waals surface area contributed by atoms with Gasteiger partial charge in [0.2, 0.25) is 10.0 Å². The lowest BCUT2D eigenvalue weighted by molar-refractivity contribution is 0.545. The Morgan fingerprint density at radius 2 is 1.96 bits per heavy atom. The molecule has 3 rings (SSSR count). The van der Waals surface area contributed by atoms with Gasteiger partial charge in [-0.05, 0) is 67.0 Å². The van der Waals surface area contributed by atoms with Crippen LogP contribution in [-0.2, 0) is 10.0 Å². The number of halogens is 1. The van der Waals surface area contributed by atoms with Gasteiger partial charge in [-0.2, -0.15) is 0 Å². The molecule has 1 atom stereocenters. The number of benzene rings is 2. The van der Waals surface area contributed by atoms with E-state index in [1.54, 1.807) is 17.8 Å². The van der Waals surface area contributed by atoms with Crippen molar-refractivity contribution in [1.82, 2.24) is 4.72 Å². The van der Waals surface area contributed by atoms with Gasteiger partial charge in [-0.15, -0.1) is 11.8 Å². The Morgan fingerprint density at radius 3 is 2.74 bits per heavy atom. The summed E-state index contributed by atoms with van der Waals surface area (Å²) in [5.41, 5.74) is 2.64. The molecule has 3 nitrogen and oxygen atoms in total. The van der Waals surface area contributed by atoms with E-state index < -0.39 is 10.0 Å². The molecule has 1 aliphatic heterocycles. The minimum Gasteiger partial charge on any atom is -0.207 e. The molecule has 23 heavy (non-hydrogen) atoms. The van der Waals surface area contributed by atoms with Gasteiger partial charge in [0.1, 0.15) is 0 Å². The Kier molecular flexibility index (Phi) is 4.74. The summed E-state index contributed by atoms with van der Waals surface area (Å²) in [7, 11) is -3.57. The normalized spacial score (nSPS) is 17.8.